The largest absolute Gasteiger partial charge is 0.497 e. The van der Waals surface area contributed by atoms with Gasteiger partial charge in [-0.05, 0) is 31.2 Å². The smallest absolute Gasteiger partial charge is 0.336 e. The summed E-state index contributed by atoms with van der Waals surface area (Å²) in [6, 6.07) is 14.7. The van der Waals surface area contributed by atoms with Crippen molar-refractivity contribution in [2.75, 3.05) is 7.11 Å². The molecule has 1 aromatic heterocycles. The lowest BCUT2D eigenvalue weighted by molar-refractivity contribution is 0.0699. The molecule has 0 atom stereocenters. The maximum atomic E-state index is 11.6. The first-order valence-corrected chi connectivity index (χ1v) is 6.87. The molecule has 0 unspecified atom stereocenters. The van der Waals surface area contributed by atoms with Crippen LogP contribution in [0, 0.1) is 6.92 Å². The molecule has 3 aromatic rings. The Morgan fingerprint density at radius 1 is 1.09 bits per heavy atom. The minimum Gasteiger partial charge on any atom is -0.497 e. The first-order chi connectivity index (χ1) is 10.6. The predicted octanol–water partition coefficient (Wildman–Crippen LogP) is 3.92. The summed E-state index contributed by atoms with van der Waals surface area (Å²) in [6.45, 7) is 2.01. The van der Waals surface area contributed by atoms with E-state index in [4.69, 9.17) is 4.74 Å². The van der Waals surface area contributed by atoms with Crippen molar-refractivity contribution >= 4 is 16.9 Å². The van der Waals surface area contributed by atoms with E-state index < -0.39 is 5.97 Å². The minimum atomic E-state index is -0.978. The highest BCUT2D eigenvalue weighted by atomic mass is 16.5. The molecule has 0 saturated heterocycles. The summed E-state index contributed by atoms with van der Waals surface area (Å²) in [4.78, 5) is 16.2. The lowest BCUT2D eigenvalue weighted by atomic mass is 10.0. The molecule has 1 N–H and O–H groups in total. The van der Waals surface area contributed by atoms with Gasteiger partial charge in [0.2, 0.25) is 0 Å². The fraction of sp³-hybridized carbons (Fsp3) is 0.111. The van der Waals surface area contributed by atoms with Crippen LogP contribution >= 0.6 is 0 Å². The highest BCUT2D eigenvalue weighted by Crippen LogP contribution is 2.27. The Hall–Kier alpha value is -2.88. The van der Waals surface area contributed by atoms with Crippen LogP contribution in [0.15, 0.2) is 48.5 Å². The van der Waals surface area contributed by atoms with Gasteiger partial charge in [0, 0.05) is 10.9 Å². The average Bonchev–Trinajstić information content (AvgIpc) is 2.53. The second-order valence-corrected chi connectivity index (χ2v) is 5.11. The summed E-state index contributed by atoms with van der Waals surface area (Å²) in [7, 11) is 1.55. The Labute approximate surface area is 128 Å². The maximum Gasteiger partial charge on any atom is 0.336 e. The van der Waals surface area contributed by atoms with E-state index in [2.05, 4.69) is 4.98 Å². The molecule has 2 aromatic carbocycles. The third kappa shape index (κ3) is 2.51. The van der Waals surface area contributed by atoms with Gasteiger partial charge in [-0.15, -0.1) is 0 Å². The van der Waals surface area contributed by atoms with Gasteiger partial charge in [-0.25, -0.2) is 9.78 Å². The fourth-order valence-corrected chi connectivity index (χ4v) is 2.38. The number of nitrogens with zero attached hydrogens (tertiary/aromatic N) is 1. The molecule has 0 aliphatic rings. The van der Waals surface area contributed by atoms with Crippen LogP contribution in [0.4, 0.5) is 0 Å². The second-order valence-electron chi connectivity index (χ2n) is 5.11. The van der Waals surface area contributed by atoms with E-state index in [1.54, 1.807) is 31.4 Å². The molecule has 110 valence electrons. The topological polar surface area (TPSA) is 59.4 Å². The molecule has 0 bridgehead atoms. The van der Waals surface area contributed by atoms with Crippen LogP contribution in [-0.4, -0.2) is 23.2 Å². The maximum absolute atomic E-state index is 11.6. The number of hydrogen-bond donors (Lipinski definition) is 1. The molecule has 0 aliphatic heterocycles. The third-order valence-electron chi connectivity index (χ3n) is 3.59. The molecule has 4 nitrogen and oxygen atoms in total. The van der Waals surface area contributed by atoms with Crippen molar-refractivity contribution in [1.29, 1.82) is 0 Å². The van der Waals surface area contributed by atoms with Crippen molar-refractivity contribution in [3.63, 3.8) is 0 Å². The Morgan fingerprint density at radius 2 is 1.82 bits per heavy atom. The molecule has 0 saturated carbocycles. The van der Waals surface area contributed by atoms with E-state index in [-0.39, 0.29) is 5.56 Å². The quantitative estimate of drug-likeness (QED) is 0.795. The van der Waals surface area contributed by atoms with Gasteiger partial charge >= 0.3 is 5.97 Å². The van der Waals surface area contributed by atoms with Gasteiger partial charge in [0.25, 0.3) is 0 Å². The van der Waals surface area contributed by atoms with Gasteiger partial charge in [-0.1, -0.05) is 29.8 Å². The van der Waals surface area contributed by atoms with E-state index in [1.165, 1.54) is 0 Å². The number of rotatable bonds is 3. The fourth-order valence-electron chi connectivity index (χ4n) is 2.38. The number of aromatic carboxylic acids is 1. The number of methoxy groups -OCH3 is 1. The number of aryl methyl sites for hydroxylation is 1. The monoisotopic (exact) mass is 293 g/mol. The lowest BCUT2D eigenvalue weighted by Gasteiger charge is -2.09. The highest BCUT2D eigenvalue weighted by molar-refractivity contribution is 6.04. The molecule has 4 heteroatoms. The van der Waals surface area contributed by atoms with Crippen LogP contribution in [0.5, 0.6) is 5.75 Å². The Balaban J connectivity index is 2.25. The summed E-state index contributed by atoms with van der Waals surface area (Å²) in [6.07, 6.45) is 0. The zero-order chi connectivity index (χ0) is 15.7. The summed E-state index contributed by atoms with van der Waals surface area (Å²) in [5.74, 6) is -0.367. The standard InChI is InChI=1S/C18H15NO3/c1-11-3-5-12(6-4-11)17-10-15(18(20)21)14-9-13(22-2)7-8-16(14)19-17/h3-10H,1-2H3,(H,20,21). The number of aromatic nitrogens is 1. The van der Waals surface area contributed by atoms with Crippen molar-refractivity contribution in [3.05, 3.63) is 59.7 Å². The van der Waals surface area contributed by atoms with Crippen LogP contribution < -0.4 is 4.74 Å². The molecule has 0 amide bonds. The second kappa shape index (κ2) is 5.48. The number of carboxylic acid groups (broad SMARTS) is 1. The Bertz CT molecular complexity index is 854. The van der Waals surface area contributed by atoms with Gasteiger partial charge in [0.1, 0.15) is 5.75 Å². The number of pyridine rings is 1. The van der Waals surface area contributed by atoms with Crippen molar-refractivity contribution < 1.29 is 14.6 Å². The zero-order valence-corrected chi connectivity index (χ0v) is 12.3. The van der Waals surface area contributed by atoms with Gasteiger partial charge in [0.15, 0.2) is 0 Å². The van der Waals surface area contributed by atoms with E-state index in [1.807, 2.05) is 31.2 Å². The first kappa shape index (κ1) is 14.1. The van der Waals surface area contributed by atoms with Crippen LogP contribution in [0.25, 0.3) is 22.2 Å². The van der Waals surface area contributed by atoms with Crippen molar-refractivity contribution in [2.45, 2.75) is 6.92 Å². The normalized spacial score (nSPS) is 10.6. The van der Waals surface area contributed by atoms with Crippen LogP contribution in [0.3, 0.4) is 0 Å². The number of ether oxygens (including phenoxy) is 1. The summed E-state index contributed by atoms with van der Waals surface area (Å²) < 4.78 is 5.16. The van der Waals surface area contributed by atoms with Crippen molar-refractivity contribution in [3.8, 4) is 17.0 Å². The molecule has 1 heterocycles. The van der Waals surface area contributed by atoms with Gasteiger partial charge in [-0.2, -0.15) is 0 Å². The predicted molar refractivity (Wildman–Crippen MR) is 85.4 cm³/mol. The number of carbonyl (C=O) groups is 1. The summed E-state index contributed by atoms with van der Waals surface area (Å²) >= 11 is 0. The van der Waals surface area contributed by atoms with Gasteiger partial charge in [0.05, 0.1) is 23.9 Å². The molecular formula is C18H15NO3. The van der Waals surface area contributed by atoms with Crippen LogP contribution in [0.2, 0.25) is 0 Å². The minimum absolute atomic E-state index is 0.222. The molecule has 22 heavy (non-hydrogen) atoms. The number of benzene rings is 2. The molecule has 0 radical (unpaired) electrons. The van der Waals surface area contributed by atoms with E-state index in [0.29, 0.717) is 22.3 Å². The van der Waals surface area contributed by atoms with Crippen LogP contribution in [-0.2, 0) is 0 Å². The number of hydrogen-bond acceptors (Lipinski definition) is 3. The van der Waals surface area contributed by atoms with Crippen molar-refractivity contribution in [1.82, 2.24) is 4.98 Å². The molecule has 0 spiro atoms. The summed E-state index contributed by atoms with van der Waals surface area (Å²) in [5, 5.41) is 10.1. The van der Waals surface area contributed by atoms with Gasteiger partial charge < -0.3 is 9.84 Å². The number of fused-ring (bicyclic) bond motifs is 1. The highest BCUT2D eigenvalue weighted by Gasteiger charge is 2.13. The molecule has 3 rings (SSSR count). The van der Waals surface area contributed by atoms with E-state index >= 15 is 0 Å². The first-order valence-electron chi connectivity index (χ1n) is 6.87. The Morgan fingerprint density at radius 3 is 2.45 bits per heavy atom. The van der Waals surface area contributed by atoms with Crippen molar-refractivity contribution in [2.24, 2.45) is 0 Å². The van der Waals surface area contributed by atoms with E-state index in [9.17, 15) is 9.90 Å². The van der Waals surface area contributed by atoms with Gasteiger partial charge in [-0.3, -0.25) is 0 Å². The van der Waals surface area contributed by atoms with Crippen LogP contribution in [0.1, 0.15) is 15.9 Å². The zero-order valence-electron chi connectivity index (χ0n) is 12.3. The summed E-state index contributed by atoms with van der Waals surface area (Å²) in [5.41, 5.74) is 3.55. The van der Waals surface area contributed by atoms with E-state index in [0.717, 1.165) is 11.1 Å². The molecular weight excluding hydrogens is 278 g/mol. The molecule has 0 aliphatic carbocycles. The average molecular weight is 293 g/mol. The lowest BCUT2D eigenvalue weighted by Crippen LogP contribution is -2.00. The Kier molecular flexibility index (Phi) is 3.51. The number of carboxylic acids is 1. The SMILES string of the molecule is COc1ccc2nc(-c3ccc(C)cc3)cc(C(=O)O)c2c1. The molecule has 0 fully saturated rings. The third-order valence-corrected chi connectivity index (χ3v) is 3.59.